The largest absolute Gasteiger partial charge is 0.364 e. The van der Waals surface area contributed by atoms with Crippen LogP contribution < -0.4 is 20.4 Å². The molecule has 3 fully saturated rings. The number of nitrogens with one attached hydrogen (secondary N) is 3. The molecule has 3 saturated heterocycles. The quantitative estimate of drug-likeness (QED) is 0.146. The smallest absolute Gasteiger partial charge is 0.328 e. The number of fused-ring (bicyclic) bond motifs is 3. The third-order valence-electron chi connectivity index (χ3n) is 11.8. The predicted octanol–water partition coefficient (Wildman–Crippen LogP) is 6.12. The first-order valence-corrected chi connectivity index (χ1v) is 20.2. The molecule has 4 aromatic heterocycles. The molecular formula is C44H47N11O4. The van der Waals surface area contributed by atoms with Crippen LogP contribution in [0.5, 0.6) is 0 Å². The van der Waals surface area contributed by atoms with E-state index in [1.54, 1.807) is 4.90 Å². The standard InChI is InChI=1S/C44H47N11O4/c1-25-18-28(8-12-34(25)26(2)47-41(57)40-49-42(59-52-40)44(3,4)5)38-35-19-29(21-46-39(35)51-50-38)36-13-11-31(22-45-36)55-24-32-20-33(55)23-53(32)16-14-27-6-9-30(10-7-27)54-17-15-37(56)48-43(54)58/h6-13,18-19,21-22,26,32-33H,14-17,20,23-24H2,1-5H3,(H,47,57)(H,46,50,51)(H,48,56,58). The van der Waals surface area contributed by atoms with Crippen molar-refractivity contribution in [3.8, 4) is 22.5 Å². The number of carbonyl (C=O) groups is 3. The number of H-pyrrole nitrogens is 1. The van der Waals surface area contributed by atoms with Crippen LogP contribution in [0, 0.1) is 6.92 Å². The van der Waals surface area contributed by atoms with Gasteiger partial charge in [0, 0.05) is 78.5 Å². The number of aromatic amines is 1. The van der Waals surface area contributed by atoms with E-state index in [0.29, 0.717) is 36.6 Å². The lowest BCUT2D eigenvalue weighted by molar-refractivity contribution is -0.120. The highest BCUT2D eigenvalue weighted by atomic mass is 16.5. The Morgan fingerprint density at radius 3 is 2.47 bits per heavy atom. The van der Waals surface area contributed by atoms with E-state index in [4.69, 9.17) is 9.51 Å². The lowest BCUT2D eigenvalue weighted by atomic mass is 9.97. The lowest BCUT2D eigenvalue weighted by Gasteiger charge is -2.35. The van der Waals surface area contributed by atoms with Gasteiger partial charge in [-0.25, -0.2) is 9.78 Å². The monoisotopic (exact) mass is 793 g/mol. The Kier molecular flexibility index (Phi) is 9.70. The summed E-state index contributed by atoms with van der Waals surface area (Å²) in [6.45, 7) is 13.2. The van der Waals surface area contributed by atoms with Gasteiger partial charge in [-0.15, -0.1) is 0 Å². The molecule has 0 saturated carbocycles. The molecule has 3 aliphatic rings. The molecule has 6 aromatic rings. The van der Waals surface area contributed by atoms with Gasteiger partial charge in [0.1, 0.15) is 5.69 Å². The Labute approximate surface area is 341 Å². The molecule has 2 aromatic carbocycles. The number of carbonyl (C=O) groups excluding carboxylic acids is 3. The number of urea groups is 1. The van der Waals surface area contributed by atoms with Gasteiger partial charge in [-0.05, 0) is 79.8 Å². The van der Waals surface area contributed by atoms with Gasteiger partial charge >= 0.3 is 6.03 Å². The second kappa shape index (κ2) is 15.0. The summed E-state index contributed by atoms with van der Waals surface area (Å²) in [6, 6.07) is 20.8. The predicted molar refractivity (Wildman–Crippen MR) is 223 cm³/mol. The minimum Gasteiger partial charge on any atom is -0.364 e. The summed E-state index contributed by atoms with van der Waals surface area (Å²) in [7, 11) is 0. The number of likely N-dealkylation sites (tertiary alicyclic amines) is 1. The minimum absolute atomic E-state index is 0.0163. The van der Waals surface area contributed by atoms with E-state index in [0.717, 1.165) is 82.9 Å². The van der Waals surface area contributed by atoms with Crippen molar-refractivity contribution >= 4 is 40.3 Å². The van der Waals surface area contributed by atoms with E-state index < -0.39 is 5.91 Å². The number of rotatable bonds is 10. The van der Waals surface area contributed by atoms with E-state index in [-0.39, 0.29) is 29.2 Å². The number of piperazine rings is 1. The number of benzene rings is 2. The topological polar surface area (TPSA) is 178 Å². The fourth-order valence-electron chi connectivity index (χ4n) is 8.52. The van der Waals surface area contributed by atoms with E-state index >= 15 is 0 Å². The van der Waals surface area contributed by atoms with E-state index in [1.165, 1.54) is 5.56 Å². The van der Waals surface area contributed by atoms with Crippen molar-refractivity contribution in [3.63, 3.8) is 0 Å². The molecule has 3 N–H and O–H groups in total. The van der Waals surface area contributed by atoms with Crippen LogP contribution >= 0.6 is 0 Å². The Balaban J connectivity index is 0.818. The number of anilines is 2. The fraction of sp³-hybridized carbons (Fsp3) is 0.364. The first kappa shape index (κ1) is 38.1. The van der Waals surface area contributed by atoms with Crippen LogP contribution in [0.1, 0.15) is 79.8 Å². The molecule has 0 radical (unpaired) electrons. The Bertz CT molecular complexity index is 2560. The molecule has 7 heterocycles. The van der Waals surface area contributed by atoms with Crippen LogP contribution in [0.15, 0.2) is 77.6 Å². The average molecular weight is 794 g/mol. The van der Waals surface area contributed by atoms with Gasteiger partial charge in [-0.2, -0.15) is 10.1 Å². The van der Waals surface area contributed by atoms with Gasteiger partial charge in [-0.3, -0.25) is 34.8 Å². The number of aromatic nitrogens is 6. The van der Waals surface area contributed by atoms with E-state index in [9.17, 15) is 14.4 Å². The van der Waals surface area contributed by atoms with Crippen LogP contribution in [0.2, 0.25) is 0 Å². The van der Waals surface area contributed by atoms with Crippen LogP contribution in [0.3, 0.4) is 0 Å². The summed E-state index contributed by atoms with van der Waals surface area (Å²) in [5.74, 6) is -0.187. The first-order chi connectivity index (χ1) is 28.4. The molecule has 3 aliphatic heterocycles. The summed E-state index contributed by atoms with van der Waals surface area (Å²) in [4.78, 5) is 57.2. The molecule has 3 unspecified atom stereocenters. The minimum atomic E-state index is -0.391. The average Bonchev–Trinajstić information content (AvgIpc) is 4.05. The fourth-order valence-corrected chi connectivity index (χ4v) is 8.52. The molecule has 9 rings (SSSR count). The van der Waals surface area contributed by atoms with Crippen molar-refractivity contribution in [2.45, 2.75) is 77.4 Å². The van der Waals surface area contributed by atoms with Crippen LogP contribution in [0.25, 0.3) is 33.5 Å². The number of nitrogens with zero attached hydrogens (tertiary/aromatic N) is 8. The van der Waals surface area contributed by atoms with Crippen molar-refractivity contribution < 1.29 is 18.9 Å². The molecule has 302 valence electrons. The van der Waals surface area contributed by atoms with Crippen molar-refractivity contribution in [1.29, 1.82) is 0 Å². The number of imide groups is 1. The van der Waals surface area contributed by atoms with Crippen LogP contribution in [-0.2, 0) is 16.6 Å². The molecule has 2 bridgehead atoms. The Morgan fingerprint density at radius 2 is 1.78 bits per heavy atom. The lowest BCUT2D eigenvalue weighted by Crippen LogP contribution is -2.49. The Morgan fingerprint density at radius 1 is 0.966 bits per heavy atom. The first-order valence-electron chi connectivity index (χ1n) is 20.2. The van der Waals surface area contributed by atoms with Crippen LogP contribution in [0.4, 0.5) is 16.2 Å². The summed E-state index contributed by atoms with van der Waals surface area (Å²) >= 11 is 0. The molecule has 3 atom stereocenters. The van der Waals surface area contributed by atoms with Crippen LogP contribution in [-0.4, -0.2) is 91.3 Å². The van der Waals surface area contributed by atoms with Crippen molar-refractivity contribution in [2.24, 2.45) is 0 Å². The highest BCUT2D eigenvalue weighted by molar-refractivity contribution is 6.05. The summed E-state index contributed by atoms with van der Waals surface area (Å²) in [5.41, 5.74) is 8.96. The number of aryl methyl sites for hydroxylation is 1. The van der Waals surface area contributed by atoms with E-state index in [2.05, 4.69) is 82.2 Å². The maximum atomic E-state index is 12.9. The zero-order chi connectivity index (χ0) is 41.0. The molecule has 15 nitrogen and oxygen atoms in total. The van der Waals surface area contributed by atoms with Gasteiger partial charge in [-0.1, -0.05) is 50.2 Å². The van der Waals surface area contributed by atoms with E-state index in [1.807, 2.05) is 71.3 Å². The number of pyridine rings is 2. The molecule has 59 heavy (non-hydrogen) atoms. The molecule has 4 amide bonds. The second-order valence-corrected chi connectivity index (χ2v) is 16.9. The SMILES string of the molecule is Cc1cc(-c2n[nH]c3ncc(-c4ccc(N5CC6CC5CN6CCc5ccc(N6CCC(=O)NC6=O)cc5)cn4)cc23)ccc1C(C)NC(=O)c1noc(C(C)(C)C)n1. The maximum absolute atomic E-state index is 12.9. The zero-order valence-electron chi connectivity index (χ0n) is 33.8. The number of amides is 4. The third-order valence-corrected chi connectivity index (χ3v) is 11.8. The summed E-state index contributed by atoms with van der Waals surface area (Å²) in [6.07, 6.45) is 6.20. The molecule has 0 aliphatic carbocycles. The third kappa shape index (κ3) is 7.53. The highest BCUT2D eigenvalue weighted by Crippen LogP contribution is 2.36. The number of hydrogen-bond donors (Lipinski definition) is 3. The normalized spacial score (nSPS) is 18.8. The maximum Gasteiger partial charge on any atom is 0.328 e. The molecule has 15 heteroatoms. The van der Waals surface area contributed by atoms with Crippen molar-refractivity contribution in [2.75, 3.05) is 36.0 Å². The van der Waals surface area contributed by atoms with Gasteiger partial charge in [0.15, 0.2) is 5.65 Å². The van der Waals surface area contributed by atoms with Gasteiger partial charge < -0.3 is 14.7 Å². The van der Waals surface area contributed by atoms with Gasteiger partial charge in [0.05, 0.1) is 23.6 Å². The van der Waals surface area contributed by atoms with Crippen molar-refractivity contribution in [3.05, 3.63) is 101 Å². The summed E-state index contributed by atoms with van der Waals surface area (Å²) in [5, 5.41) is 17.9. The second-order valence-electron chi connectivity index (χ2n) is 16.9. The summed E-state index contributed by atoms with van der Waals surface area (Å²) < 4.78 is 5.31. The van der Waals surface area contributed by atoms with Gasteiger partial charge in [0.25, 0.3) is 11.7 Å². The zero-order valence-corrected chi connectivity index (χ0v) is 33.8. The highest BCUT2D eigenvalue weighted by Gasteiger charge is 2.43. The number of hydrogen-bond acceptors (Lipinski definition) is 11. The Hall–Kier alpha value is -6.48. The molecular weight excluding hydrogens is 747 g/mol. The van der Waals surface area contributed by atoms with Crippen molar-refractivity contribution in [1.82, 2.24) is 45.8 Å². The molecule has 0 spiro atoms. The van der Waals surface area contributed by atoms with Gasteiger partial charge in [0.2, 0.25) is 11.8 Å².